The molecule has 19 heavy (non-hydrogen) atoms. The molecule has 0 aromatic carbocycles. The summed E-state index contributed by atoms with van der Waals surface area (Å²) in [6, 6.07) is 0. The van der Waals surface area contributed by atoms with Crippen LogP contribution in [0.5, 0.6) is 0 Å². The van der Waals surface area contributed by atoms with Gasteiger partial charge in [0.2, 0.25) is 5.91 Å². The Bertz CT molecular complexity index is 436. The number of likely N-dealkylation sites (tertiary alicyclic amines) is 1. The quantitative estimate of drug-likeness (QED) is 0.105. The number of nitrogens with one attached hydrogen (secondary N) is 1. The summed E-state index contributed by atoms with van der Waals surface area (Å²) < 4.78 is 0. The maximum Gasteiger partial charge on any atom is 0.352 e. The molecule has 1 aliphatic rings. The van der Waals surface area contributed by atoms with Crippen LogP contribution in [0.3, 0.4) is 0 Å². The highest BCUT2D eigenvalue weighted by Gasteiger charge is 2.32. The Labute approximate surface area is 120 Å². The Morgan fingerprint density at radius 3 is 2.68 bits per heavy atom. The fraction of sp³-hybridized carbons (Fsp3) is 0.500. The molecule has 0 bridgehead atoms. The van der Waals surface area contributed by atoms with Gasteiger partial charge in [-0.1, -0.05) is 11.8 Å². The van der Waals surface area contributed by atoms with Crippen molar-refractivity contribution >= 4 is 41.4 Å². The lowest BCUT2D eigenvalue weighted by Crippen LogP contribution is -2.45. The smallest absolute Gasteiger partial charge is 0.352 e. The molecule has 1 fully saturated rings. The SMILES string of the molecule is CN=C(NN)SC/C(CS)=C(\C(=O)O)N1CCC1=O. The minimum atomic E-state index is -1.12. The van der Waals surface area contributed by atoms with Gasteiger partial charge >= 0.3 is 5.97 Å². The van der Waals surface area contributed by atoms with E-state index in [1.165, 1.54) is 16.7 Å². The van der Waals surface area contributed by atoms with Crippen molar-refractivity contribution in [3.63, 3.8) is 0 Å². The molecule has 1 heterocycles. The van der Waals surface area contributed by atoms with Crippen molar-refractivity contribution in [1.82, 2.24) is 10.3 Å². The largest absolute Gasteiger partial charge is 0.477 e. The van der Waals surface area contributed by atoms with Crippen LogP contribution in [0.2, 0.25) is 0 Å². The molecule has 0 radical (unpaired) electrons. The molecule has 1 rings (SSSR count). The summed E-state index contributed by atoms with van der Waals surface area (Å²) in [7, 11) is 1.57. The van der Waals surface area contributed by atoms with Crippen molar-refractivity contribution < 1.29 is 14.7 Å². The highest BCUT2D eigenvalue weighted by atomic mass is 32.2. The minimum absolute atomic E-state index is 0.0197. The van der Waals surface area contributed by atoms with Crippen LogP contribution in [0.4, 0.5) is 0 Å². The molecule has 0 aromatic heterocycles. The molecule has 106 valence electrons. The van der Waals surface area contributed by atoms with Crippen molar-refractivity contribution in [2.75, 3.05) is 25.1 Å². The summed E-state index contributed by atoms with van der Waals surface area (Å²) >= 11 is 5.39. The zero-order valence-electron chi connectivity index (χ0n) is 10.4. The van der Waals surface area contributed by atoms with Crippen LogP contribution < -0.4 is 11.3 Å². The molecule has 0 aliphatic carbocycles. The first-order valence-corrected chi connectivity index (χ1v) is 7.09. The van der Waals surface area contributed by atoms with Gasteiger partial charge in [0, 0.05) is 31.5 Å². The van der Waals surface area contributed by atoms with Crippen LogP contribution in [0.25, 0.3) is 0 Å². The maximum atomic E-state index is 11.4. The van der Waals surface area contributed by atoms with E-state index in [-0.39, 0.29) is 17.4 Å². The number of carbonyl (C=O) groups is 2. The molecule has 0 unspecified atom stereocenters. The van der Waals surface area contributed by atoms with E-state index < -0.39 is 5.97 Å². The lowest BCUT2D eigenvalue weighted by molar-refractivity contribution is -0.144. The second kappa shape index (κ2) is 7.41. The standard InChI is InChI=1S/C10H16N4O3S2/c1-12-10(13-11)19-5-6(4-18)8(9(16)17)14-3-2-7(14)15/h18H,2-5,11H2,1H3,(H,12,13)(H,16,17)/b8-6+. The number of nitrogens with two attached hydrogens (primary N) is 1. The van der Waals surface area contributed by atoms with E-state index in [9.17, 15) is 14.7 Å². The summed E-state index contributed by atoms with van der Waals surface area (Å²) in [6.07, 6.45) is 0.385. The van der Waals surface area contributed by atoms with Crippen LogP contribution in [0.1, 0.15) is 6.42 Å². The van der Waals surface area contributed by atoms with E-state index in [0.29, 0.717) is 29.5 Å². The normalized spacial score (nSPS) is 16.9. The number of thiol groups is 1. The molecule has 0 spiro atoms. The number of carboxylic acids is 1. The lowest BCUT2D eigenvalue weighted by Gasteiger charge is -2.32. The molecular formula is C10H16N4O3S2. The molecule has 9 heteroatoms. The van der Waals surface area contributed by atoms with E-state index in [0.717, 1.165) is 0 Å². The number of hydrogen-bond acceptors (Lipinski definition) is 6. The Balaban J connectivity index is 2.90. The molecule has 1 aliphatic heterocycles. The molecule has 4 N–H and O–H groups in total. The number of amidine groups is 1. The topological polar surface area (TPSA) is 108 Å². The number of carboxylic acid groups (broad SMARTS) is 1. The van der Waals surface area contributed by atoms with Crippen LogP contribution in [0, 0.1) is 0 Å². The number of rotatable bonds is 5. The van der Waals surface area contributed by atoms with E-state index in [2.05, 4.69) is 23.0 Å². The zero-order chi connectivity index (χ0) is 14.4. The molecular weight excluding hydrogens is 288 g/mol. The molecule has 1 saturated heterocycles. The molecule has 7 nitrogen and oxygen atoms in total. The first kappa shape index (κ1) is 15.9. The fourth-order valence-electron chi connectivity index (χ4n) is 1.52. The van der Waals surface area contributed by atoms with Gasteiger partial charge in [-0.3, -0.25) is 9.79 Å². The highest BCUT2D eigenvalue weighted by Crippen LogP contribution is 2.23. The van der Waals surface area contributed by atoms with Gasteiger partial charge in [-0.2, -0.15) is 12.6 Å². The predicted octanol–water partition coefficient (Wildman–Crippen LogP) is -0.330. The number of amides is 1. The van der Waals surface area contributed by atoms with Gasteiger partial charge in [-0.25, -0.2) is 10.6 Å². The summed E-state index contributed by atoms with van der Waals surface area (Å²) in [6.45, 7) is 0.437. The first-order chi connectivity index (χ1) is 9.04. The van der Waals surface area contributed by atoms with Gasteiger partial charge in [0.25, 0.3) is 0 Å². The van der Waals surface area contributed by atoms with Crippen molar-refractivity contribution in [2.45, 2.75) is 6.42 Å². The highest BCUT2D eigenvalue weighted by molar-refractivity contribution is 8.14. The van der Waals surface area contributed by atoms with Crippen molar-refractivity contribution in [3.8, 4) is 0 Å². The third-order valence-corrected chi connectivity index (χ3v) is 4.01. The number of aliphatic imine (C=N–C) groups is 1. The van der Waals surface area contributed by atoms with E-state index in [1.54, 1.807) is 7.05 Å². The Morgan fingerprint density at radius 1 is 1.68 bits per heavy atom. The number of hydrazine groups is 1. The third kappa shape index (κ3) is 3.88. The monoisotopic (exact) mass is 304 g/mol. The Hall–Kier alpha value is -1.19. The summed E-state index contributed by atoms with van der Waals surface area (Å²) in [5.74, 6) is 4.56. The number of nitrogens with zero attached hydrogens (tertiary/aromatic N) is 2. The minimum Gasteiger partial charge on any atom is -0.477 e. The van der Waals surface area contributed by atoms with Crippen LogP contribution in [0.15, 0.2) is 16.3 Å². The van der Waals surface area contributed by atoms with Crippen LogP contribution in [-0.4, -0.2) is 52.1 Å². The van der Waals surface area contributed by atoms with Crippen LogP contribution >= 0.6 is 24.4 Å². The number of hydrogen-bond donors (Lipinski definition) is 4. The van der Waals surface area contributed by atoms with E-state index in [4.69, 9.17) is 5.84 Å². The number of aliphatic carboxylic acids is 1. The molecule has 0 atom stereocenters. The van der Waals surface area contributed by atoms with E-state index in [1.807, 2.05) is 0 Å². The second-order valence-corrected chi connectivity index (χ2v) is 4.95. The Kier molecular flexibility index (Phi) is 6.19. The summed E-state index contributed by atoms with van der Waals surface area (Å²) in [5, 5.41) is 9.73. The van der Waals surface area contributed by atoms with Crippen molar-refractivity contribution in [1.29, 1.82) is 0 Å². The number of β-lactam (4-membered cyclic amide) rings is 1. The van der Waals surface area contributed by atoms with Gasteiger partial charge in [0.05, 0.1) is 0 Å². The van der Waals surface area contributed by atoms with E-state index >= 15 is 0 Å². The second-order valence-electron chi connectivity index (χ2n) is 3.67. The first-order valence-electron chi connectivity index (χ1n) is 5.47. The van der Waals surface area contributed by atoms with Crippen molar-refractivity contribution in [3.05, 3.63) is 11.3 Å². The van der Waals surface area contributed by atoms with Crippen LogP contribution in [-0.2, 0) is 9.59 Å². The summed E-state index contributed by atoms with van der Waals surface area (Å²) in [4.78, 5) is 27.8. The maximum absolute atomic E-state index is 11.4. The number of carbonyl (C=O) groups excluding carboxylic acids is 1. The molecule has 0 aromatic rings. The fourth-order valence-corrected chi connectivity index (χ4v) is 2.70. The van der Waals surface area contributed by atoms with Gasteiger partial charge in [-0.05, 0) is 5.57 Å². The Morgan fingerprint density at radius 2 is 2.37 bits per heavy atom. The zero-order valence-corrected chi connectivity index (χ0v) is 12.1. The molecule has 0 saturated carbocycles. The van der Waals surface area contributed by atoms with Crippen molar-refractivity contribution in [2.24, 2.45) is 10.8 Å². The van der Waals surface area contributed by atoms with Gasteiger partial charge in [0.15, 0.2) is 5.17 Å². The lowest BCUT2D eigenvalue weighted by atomic mass is 10.1. The summed E-state index contributed by atoms with van der Waals surface area (Å²) in [5.41, 5.74) is 2.98. The van der Waals surface area contributed by atoms with Gasteiger partial charge in [0.1, 0.15) is 5.70 Å². The average Bonchev–Trinajstić information content (AvgIpc) is 2.40. The molecule has 1 amide bonds. The number of thioether (sulfide) groups is 1. The predicted molar refractivity (Wildman–Crippen MR) is 78.0 cm³/mol. The third-order valence-electron chi connectivity index (χ3n) is 2.56. The average molecular weight is 304 g/mol. The van der Waals surface area contributed by atoms with Gasteiger partial charge in [-0.15, -0.1) is 0 Å². The van der Waals surface area contributed by atoms with Gasteiger partial charge < -0.3 is 15.4 Å².